The van der Waals surface area contributed by atoms with Crippen molar-refractivity contribution in [2.24, 2.45) is 5.92 Å². The first-order valence-corrected chi connectivity index (χ1v) is 9.32. The molecule has 1 aromatic heterocycles. The first-order chi connectivity index (χ1) is 12.0. The molecule has 2 aliphatic rings. The Morgan fingerprint density at radius 2 is 1.84 bits per heavy atom. The van der Waals surface area contributed by atoms with Crippen molar-refractivity contribution in [2.45, 2.75) is 45.6 Å². The molecule has 0 bridgehead atoms. The van der Waals surface area contributed by atoms with Gasteiger partial charge < -0.3 is 10.2 Å². The average molecular weight is 344 g/mol. The number of likely N-dealkylation sites (tertiary alicyclic amines) is 2. The van der Waals surface area contributed by atoms with Gasteiger partial charge in [-0.1, -0.05) is 6.07 Å². The van der Waals surface area contributed by atoms with Crippen LogP contribution in [0, 0.1) is 12.8 Å². The zero-order valence-electron chi connectivity index (χ0n) is 15.2. The summed E-state index contributed by atoms with van der Waals surface area (Å²) in [7, 11) is 0. The van der Waals surface area contributed by atoms with Crippen molar-refractivity contribution in [3.8, 4) is 0 Å². The van der Waals surface area contributed by atoms with Crippen LogP contribution in [0.4, 0.5) is 5.82 Å². The van der Waals surface area contributed by atoms with E-state index in [2.05, 4.69) is 15.2 Å². The standard InChI is InChI=1S/C19H28N4O2/c1-14-6-5-7-17(20-14)21-18(24)16-8-12-22(13-9-16)15(2)19(25)23-10-3-4-11-23/h5-7,15-16H,3-4,8-13H2,1-2H3,(H,20,21,24). The van der Waals surface area contributed by atoms with Crippen molar-refractivity contribution in [1.29, 1.82) is 0 Å². The Morgan fingerprint density at radius 1 is 1.16 bits per heavy atom. The monoisotopic (exact) mass is 344 g/mol. The summed E-state index contributed by atoms with van der Waals surface area (Å²) in [6.07, 6.45) is 3.81. The van der Waals surface area contributed by atoms with Gasteiger partial charge in [0.1, 0.15) is 5.82 Å². The number of hydrogen-bond donors (Lipinski definition) is 1. The molecule has 0 spiro atoms. The van der Waals surface area contributed by atoms with Gasteiger partial charge in [0, 0.05) is 24.7 Å². The molecule has 6 nitrogen and oxygen atoms in total. The fourth-order valence-electron chi connectivity index (χ4n) is 3.75. The molecule has 1 aromatic rings. The molecule has 0 aliphatic carbocycles. The Labute approximate surface area is 149 Å². The van der Waals surface area contributed by atoms with Crippen molar-refractivity contribution in [2.75, 3.05) is 31.5 Å². The fourth-order valence-corrected chi connectivity index (χ4v) is 3.75. The topological polar surface area (TPSA) is 65.5 Å². The lowest BCUT2D eigenvalue weighted by Gasteiger charge is -2.36. The van der Waals surface area contributed by atoms with Gasteiger partial charge in [0.25, 0.3) is 0 Å². The molecular formula is C19H28N4O2. The number of nitrogens with zero attached hydrogens (tertiary/aromatic N) is 3. The van der Waals surface area contributed by atoms with E-state index in [0.717, 1.165) is 57.6 Å². The summed E-state index contributed by atoms with van der Waals surface area (Å²) in [5, 5.41) is 2.92. The normalized spacial score (nSPS) is 20.5. The summed E-state index contributed by atoms with van der Waals surface area (Å²) in [4.78, 5) is 33.5. The van der Waals surface area contributed by atoms with Gasteiger partial charge in [-0.25, -0.2) is 4.98 Å². The van der Waals surface area contributed by atoms with Crippen molar-refractivity contribution < 1.29 is 9.59 Å². The van der Waals surface area contributed by atoms with Crippen LogP contribution in [0.1, 0.15) is 38.3 Å². The van der Waals surface area contributed by atoms with Gasteiger partial charge in [0.15, 0.2) is 0 Å². The summed E-state index contributed by atoms with van der Waals surface area (Å²) >= 11 is 0. The summed E-state index contributed by atoms with van der Waals surface area (Å²) in [6, 6.07) is 5.54. The predicted molar refractivity (Wildman–Crippen MR) is 97.2 cm³/mol. The molecule has 2 aliphatic heterocycles. The van der Waals surface area contributed by atoms with Crippen LogP contribution in [0.25, 0.3) is 0 Å². The Balaban J connectivity index is 1.49. The van der Waals surface area contributed by atoms with Crippen LogP contribution in [0.2, 0.25) is 0 Å². The zero-order valence-corrected chi connectivity index (χ0v) is 15.2. The molecule has 2 amide bonds. The number of aryl methyl sites for hydroxylation is 1. The third-order valence-electron chi connectivity index (χ3n) is 5.36. The average Bonchev–Trinajstić information content (AvgIpc) is 3.15. The largest absolute Gasteiger partial charge is 0.341 e. The number of piperidine rings is 1. The van der Waals surface area contributed by atoms with Gasteiger partial charge in [-0.15, -0.1) is 0 Å². The highest BCUT2D eigenvalue weighted by Crippen LogP contribution is 2.22. The Morgan fingerprint density at radius 3 is 2.48 bits per heavy atom. The van der Waals surface area contributed by atoms with Crippen LogP contribution in [0.3, 0.4) is 0 Å². The van der Waals surface area contributed by atoms with Crippen LogP contribution in [-0.2, 0) is 9.59 Å². The maximum absolute atomic E-state index is 12.5. The number of hydrogen-bond acceptors (Lipinski definition) is 4. The second kappa shape index (κ2) is 7.95. The lowest BCUT2D eigenvalue weighted by atomic mass is 9.95. The Kier molecular flexibility index (Phi) is 5.68. The second-order valence-corrected chi connectivity index (χ2v) is 7.17. The van der Waals surface area contributed by atoms with E-state index < -0.39 is 0 Å². The molecule has 2 saturated heterocycles. The summed E-state index contributed by atoms with van der Waals surface area (Å²) in [6.45, 7) is 7.28. The van der Waals surface area contributed by atoms with E-state index >= 15 is 0 Å². The number of nitrogens with one attached hydrogen (secondary N) is 1. The van der Waals surface area contributed by atoms with Crippen LogP contribution in [0.15, 0.2) is 18.2 Å². The molecule has 25 heavy (non-hydrogen) atoms. The van der Waals surface area contributed by atoms with E-state index in [1.54, 1.807) is 0 Å². The third-order valence-corrected chi connectivity index (χ3v) is 5.36. The highest BCUT2D eigenvalue weighted by Gasteiger charge is 2.32. The van der Waals surface area contributed by atoms with Crippen molar-refractivity contribution >= 4 is 17.6 Å². The quantitative estimate of drug-likeness (QED) is 0.908. The molecule has 6 heteroatoms. The van der Waals surface area contributed by atoms with E-state index in [1.807, 2.05) is 36.9 Å². The van der Waals surface area contributed by atoms with E-state index in [-0.39, 0.29) is 23.8 Å². The van der Waals surface area contributed by atoms with Gasteiger partial charge in [-0.2, -0.15) is 0 Å². The van der Waals surface area contributed by atoms with Crippen molar-refractivity contribution in [3.63, 3.8) is 0 Å². The highest BCUT2D eigenvalue weighted by atomic mass is 16.2. The zero-order chi connectivity index (χ0) is 17.8. The number of carbonyl (C=O) groups excluding carboxylic acids is 2. The van der Waals surface area contributed by atoms with Crippen LogP contribution >= 0.6 is 0 Å². The predicted octanol–water partition coefficient (Wildman–Crippen LogP) is 2.05. The van der Waals surface area contributed by atoms with Crippen LogP contribution in [-0.4, -0.2) is 58.8 Å². The number of rotatable bonds is 4. The molecule has 2 fully saturated rings. The molecule has 1 N–H and O–H groups in total. The summed E-state index contributed by atoms with van der Waals surface area (Å²) in [5.41, 5.74) is 0.891. The Hall–Kier alpha value is -1.95. The van der Waals surface area contributed by atoms with E-state index in [1.165, 1.54) is 0 Å². The molecule has 3 heterocycles. The number of carbonyl (C=O) groups is 2. The summed E-state index contributed by atoms with van der Waals surface area (Å²) < 4.78 is 0. The highest BCUT2D eigenvalue weighted by molar-refractivity contribution is 5.91. The first kappa shape index (κ1) is 17.9. The van der Waals surface area contributed by atoms with Gasteiger partial charge >= 0.3 is 0 Å². The smallest absolute Gasteiger partial charge is 0.239 e. The molecule has 136 valence electrons. The van der Waals surface area contributed by atoms with Gasteiger partial charge in [-0.05, 0) is 64.8 Å². The fraction of sp³-hybridized carbons (Fsp3) is 0.632. The van der Waals surface area contributed by atoms with Crippen LogP contribution < -0.4 is 5.32 Å². The van der Waals surface area contributed by atoms with Crippen LogP contribution in [0.5, 0.6) is 0 Å². The minimum Gasteiger partial charge on any atom is -0.341 e. The van der Waals surface area contributed by atoms with Gasteiger partial charge in [0.05, 0.1) is 6.04 Å². The molecule has 0 radical (unpaired) electrons. The molecule has 1 unspecified atom stereocenters. The molecular weight excluding hydrogens is 316 g/mol. The molecule has 0 saturated carbocycles. The summed E-state index contributed by atoms with van der Waals surface area (Å²) in [5.74, 6) is 0.887. The molecule has 3 rings (SSSR count). The van der Waals surface area contributed by atoms with E-state index in [0.29, 0.717) is 5.82 Å². The number of amides is 2. The molecule has 0 aromatic carbocycles. The van der Waals surface area contributed by atoms with E-state index in [9.17, 15) is 9.59 Å². The minimum atomic E-state index is -0.0828. The maximum atomic E-state index is 12.5. The number of aromatic nitrogens is 1. The van der Waals surface area contributed by atoms with Gasteiger partial charge in [-0.3, -0.25) is 14.5 Å². The first-order valence-electron chi connectivity index (χ1n) is 9.32. The number of pyridine rings is 1. The SMILES string of the molecule is Cc1cccc(NC(=O)C2CCN(C(C)C(=O)N3CCCC3)CC2)n1. The third kappa shape index (κ3) is 4.37. The lowest BCUT2D eigenvalue weighted by Crippen LogP contribution is -2.50. The van der Waals surface area contributed by atoms with Crippen molar-refractivity contribution in [1.82, 2.24) is 14.8 Å². The second-order valence-electron chi connectivity index (χ2n) is 7.17. The lowest BCUT2D eigenvalue weighted by molar-refractivity contribution is -0.136. The van der Waals surface area contributed by atoms with Crippen molar-refractivity contribution in [3.05, 3.63) is 23.9 Å². The van der Waals surface area contributed by atoms with Gasteiger partial charge in [0.2, 0.25) is 11.8 Å². The minimum absolute atomic E-state index is 0.00680. The molecule has 1 atom stereocenters. The van der Waals surface area contributed by atoms with E-state index in [4.69, 9.17) is 0 Å². The maximum Gasteiger partial charge on any atom is 0.239 e. The number of anilines is 1. The Bertz CT molecular complexity index is 620.